The van der Waals surface area contributed by atoms with E-state index in [-0.39, 0.29) is 24.0 Å². The standard InChI is InChI=1S/C23H36N6OS.HI/c1-4-21-17-26-22(31-21)18-27-23(24-5-2)25-11-6-12-28-13-15-29(16-14-28)19-7-9-20(30-3)10-8-19;/h7-10,17H,4-6,11-16,18H2,1-3H3,(H2,24,25,27);1H. The zero-order valence-corrected chi connectivity index (χ0v) is 22.6. The first-order chi connectivity index (χ1) is 15.2. The fraction of sp³-hybridized carbons (Fsp3) is 0.565. The van der Waals surface area contributed by atoms with Gasteiger partial charge in [-0.2, -0.15) is 0 Å². The second-order valence-electron chi connectivity index (χ2n) is 7.58. The zero-order valence-electron chi connectivity index (χ0n) is 19.5. The van der Waals surface area contributed by atoms with Crippen LogP contribution in [0.1, 0.15) is 30.2 Å². The first-order valence-corrected chi connectivity index (χ1v) is 12.1. The monoisotopic (exact) mass is 572 g/mol. The lowest BCUT2D eigenvalue weighted by Crippen LogP contribution is -2.47. The number of hydrogen-bond donors (Lipinski definition) is 2. The maximum absolute atomic E-state index is 5.26. The molecule has 1 aromatic carbocycles. The topological polar surface area (TPSA) is 65.0 Å². The fourth-order valence-electron chi connectivity index (χ4n) is 3.61. The molecule has 3 rings (SSSR count). The third-order valence-electron chi connectivity index (χ3n) is 5.42. The zero-order chi connectivity index (χ0) is 21.9. The van der Waals surface area contributed by atoms with E-state index in [0.29, 0.717) is 6.54 Å². The van der Waals surface area contributed by atoms with Gasteiger partial charge >= 0.3 is 0 Å². The highest BCUT2D eigenvalue weighted by atomic mass is 127. The number of halogens is 1. The molecule has 178 valence electrons. The molecule has 0 atom stereocenters. The van der Waals surface area contributed by atoms with Gasteiger partial charge in [0.25, 0.3) is 0 Å². The number of aliphatic imine (C=N–C) groups is 1. The number of anilines is 1. The molecule has 0 bridgehead atoms. The van der Waals surface area contributed by atoms with Crippen molar-refractivity contribution in [1.82, 2.24) is 20.5 Å². The maximum atomic E-state index is 5.26. The highest BCUT2D eigenvalue weighted by Gasteiger charge is 2.16. The van der Waals surface area contributed by atoms with E-state index in [4.69, 9.17) is 4.74 Å². The highest BCUT2D eigenvalue weighted by Crippen LogP contribution is 2.20. The van der Waals surface area contributed by atoms with E-state index in [1.165, 1.54) is 10.6 Å². The summed E-state index contributed by atoms with van der Waals surface area (Å²) in [4.78, 5) is 15.5. The number of ether oxygens (including phenoxy) is 1. The Kier molecular flexibility index (Phi) is 12.1. The minimum atomic E-state index is 0. The Morgan fingerprint density at radius 3 is 2.50 bits per heavy atom. The molecule has 0 saturated carbocycles. The molecule has 2 aromatic rings. The number of guanidine groups is 1. The van der Waals surface area contributed by atoms with Crippen LogP contribution in [0.25, 0.3) is 0 Å². The Labute approximate surface area is 213 Å². The van der Waals surface area contributed by atoms with E-state index < -0.39 is 0 Å². The summed E-state index contributed by atoms with van der Waals surface area (Å²) in [5.41, 5.74) is 1.28. The van der Waals surface area contributed by atoms with Crippen molar-refractivity contribution in [2.45, 2.75) is 33.2 Å². The van der Waals surface area contributed by atoms with Crippen molar-refractivity contribution >= 4 is 47.0 Å². The number of thiazole rings is 1. The van der Waals surface area contributed by atoms with Gasteiger partial charge in [-0.3, -0.25) is 4.90 Å². The van der Waals surface area contributed by atoms with Crippen molar-refractivity contribution in [2.75, 3.05) is 57.8 Å². The van der Waals surface area contributed by atoms with Crippen LogP contribution in [0.2, 0.25) is 0 Å². The number of methoxy groups -OCH3 is 1. The van der Waals surface area contributed by atoms with Crippen LogP contribution in [0.4, 0.5) is 5.69 Å². The second kappa shape index (κ2) is 14.5. The summed E-state index contributed by atoms with van der Waals surface area (Å²) in [6.07, 6.45) is 4.10. The number of aryl methyl sites for hydroxylation is 1. The molecular weight excluding hydrogens is 535 g/mol. The molecule has 9 heteroatoms. The van der Waals surface area contributed by atoms with E-state index in [2.05, 4.69) is 56.4 Å². The number of aromatic nitrogens is 1. The molecule has 0 spiro atoms. The first-order valence-electron chi connectivity index (χ1n) is 11.3. The minimum absolute atomic E-state index is 0. The van der Waals surface area contributed by atoms with Gasteiger partial charge < -0.3 is 20.3 Å². The molecule has 7 nitrogen and oxygen atoms in total. The van der Waals surface area contributed by atoms with Gasteiger partial charge in [0.1, 0.15) is 10.8 Å². The van der Waals surface area contributed by atoms with Gasteiger partial charge in [0, 0.05) is 56.0 Å². The average molecular weight is 573 g/mol. The molecule has 0 amide bonds. The maximum Gasteiger partial charge on any atom is 0.191 e. The SMILES string of the molecule is CCNC(=NCc1ncc(CC)s1)NCCCN1CCN(c2ccc(OC)cc2)CC1.I. The Balaban J connectivity index is 0.00000363. The van der Waals surface area contributed by atoms with Crippen LogP contribution in [0.15, 0.2) is 35.5 Å². The summed E-state index contributed by atoms with van der Waals surface area (Å²) < 4.78 is 5.26. The molecular formula is C23H37IN6OS. The van der Waals surface area contributed by atoms with Crippen molar-refractivity contribution < 1.29 is 4.74 Å². The molecule has 0 unspecified atom stereocenters. The van der Waals surface area contributed by atoms with E-state index in [1.807, 2.05) is 18.3 Å². The van der Waals surface area contributed by atoms with E-state index >= 15 is 0 Å². The molecule has 2 heterocycles. The highest BCUT2D eigenvalue weighted by molar-refractivity contribution is 14.0. The molecule has 1 fully saturated rings. The molecule has 2 N–H and O–H groups in total. The summed E-state index contributed by atoms with van der Waals surface area (Å²) in [6.45, 7) is 12.1. The third-order valence-corrected chi connectivity index (χ3v) is 6.55. The quantitative estimate of drug-likeness (QED) is 0.197. The summed E-state index contributed by atoms with van der Waals surface area (Å²) >= 11 is 1.75. The van der Waals surface area contributed by atoms with E-state index in [0.717, 1.165) is 75.4 Å². The molecule has 0 aliphatic carbocycles. The Bertz CT molecular complexity index is 805. The van der Waals surface area contributed by atoms with Gasteiger partial charge in [-0.15, -0.1) is 35.3 Å². The molecule has 1 aliphatic heterocycles. The summed E-state index contributed by atoms with van der Waals surface area (Å²) in [5.74, 6) is 1.78. The van der Waals surface area contributed by atoms with Gasteiger partial charge in [-0.25, -0.2) is 9.98 Å². The van der Waals surface area contributed by atoms with Crippen LogP contribution >= 0.6 is 35.3 Å². The average Bonchev–Trinajstić information content (AvgIpc) is 3.29. The molecule has 1 aromatic heterocycles. The van der Waals surface area contributed by atoms with Crippen LogP contribution in [0.5, 0.6) is 5.75 Å². The van der Waals surface area contributed by atoms with E-state index in [9.17, 15) is 0 Å². The van der Waals surface area contributed by atoms with Crippen LogP contribution in [0, 0.1) is 0 Å². The van der Waals surface area contributed by atoms with Crippen molar-refractivity contribution in [3.05, 3.63) is 40.3 Å². The second-order valence-corrected chi connectivity index (χ2v) is 8.78. The van der Waals surface area contributed by atoms with Crippen molar-refractivity contribution in [1.29, 1.82) is 0 Å². The summed E-state index contributed by atoms with van der Waals surface area (Å²) in [6, 6.07) is 8.37. The number of hydrogen-bond acceptors (Lipinski definition) is 6. The third kappa shape index (κ3) is 8.40. The van der Waals surface area contributed by atoms with Crippen molar-refractivity contribution in [3.8, 4) is 5.75 Å². The molecule has 32 heavy (non-hydrogen) atoms. The Morgan fingerprint density at radius 2 is 1.88 bits per heavy atom. The van der Waals surface area contributed by atoms with Gasteiger partial charge in [0.2, 0.25) is 0 Å². The van der Waals surface area contributed by atoms with Crippen LogP contribution in [0.3, 0.4) is 0 Å². The molecule has 1 aliphatic rings. The lowest BCUT2D eigenvalue weighted by atomic mass is 10.2. The number of piperazine rings is 1. The smallest absolute Gasteiger partial charge is 0.191 e. The minimum Gasteiger partial charge on any atom is -0.497 e. The predicted octanol–water partition coefficient (Wildman–Crippen LogP) is 3.60. The van der Waals surface area contributed by atoms with Crippen molar-refractivity contribution in [2.24, 2.45) is 4.99 Å². The normalized spacial score (nSPS) is 14.7. The van der Waals surface area contributed by atoms with Gasteiger partial charge in [-0.05, 0) is 50.6 Å². The fourth-order valence-corrected chi connectivity index (χ4v) is 4.39. The number of nitrogens with one attached hydrogen (secondary N) is 2. The summed E-state index contributed by atoms with van der Waals surface area (Å²) in [5, 5.41) is 7.87. The lowest BCUT2D eigenvalue weighted by molar-refractivity contribution is 0.255. The predicted molar refractivity (Wildman–Crippen MR) is 146 cm³/mol. The van der Waals surface area contributed by atoms with Gasteiger partial charge in [-0.1, -0.05) is 6.92 Å². The van der Waals surface area contributed by atoms with Crippen molar-refractivity contribution in [3.63, 3.8) is 0 Å². The van der Waals surface area contributed by atoms with Crippen LogP contribution in [-0.2, 0) is 13.0 Å². The number of rotatable bonds is 10. The summed E-state index contributed by atoms with van der Waals surface area (Å²) in [7, 11) is 1.71. The van der Waals surface area contributed by atoms with Crippen LogP contribution in [-0.4, -0.2) is 68.8 Å². The van der Waals surface area contributed by atoms with Gasteiger partial charge in [0.15, 0.2) is 5.96 Å². The van der Waals surface area contributed by atoms with Gasteiger partial charge in [0.05, 0.1) is 13.7 Å². The van der Waals surface area contributed by atoms with E-state index in [1.54, 1.807) is 18.4 Å². The molecule has 0 radical (unpaired) electrons. The number of nitrogens with zero attached hydrogens (tertiary/aromatic N) is 4. The molecule has 1 saturated heterocycles. The Morgan fingerprint density at radius 1 is 1.12 bits per heavy atom. The van der Waals surface area contributed by atoms with Crippen LogP contribution < -0.4 is 20.3 Å². The first kappa shape index (κ1) is 26.7. The lowest BCUT2D eigenvalue weighted by Gasteiger charge is -2.36. The largest absolute Gasteiger partial charge is 0.497 e. The number of benzene rings is 1. The Hall–Kier alpha value is -1.59.